The van der Waals surface area contributed by atoms with Gasteiger partial charge in [-0.3, -0.25) is 57.5 Å². The number of aliphatic hydroxyl groups is 1. The largest absolute Gasteiger partial charge is 0.416 e. The van der Waals surface area contributed by atoms with E-state index in [0.717, 1.165) is 55.2 Å². The second kappa shape index (κ2) is 35.7. The number of alkyl halides is 3. The minimum Gasteiger partial charge on any atom is -0.391 e. The van der Waals surface area contributed by atoms with Crippen molar-refractivity contribution >= 4 is 70.9 Å². The van der Waals surface area contributed by atoms with Gasteiger partial charge in [0.25, 0.3) is 0 Å². The molecule has 534 valence electrons. The van der Waals surface area contributed by atoms with Crippen molar-refractivity contribution in [1.29, 1.82) is 0 Å². The zero-order valence-electron chi connectivity index (χ0n) is 58.8. The summed E-state index contributed by atoms with van der Waals surface area (Å²) in [6.45, 7) is 15.9. The first-order valence-electron chi connectivity index (χ1n) is 33.0. The molecule has 28 heteroatoms. The molecule has 0 aliphatic carbocycles. The smallest absolute Gasteiger partial charge is 0.391 e. The highest BCUT2D eigenvalue weighted by atomic mass is 19.4. The number of benzene rings is 2. The van der Waals surface area contributed by atoms with Crippen molar-refractivity contribution in [2.75, 3.05) is 69.0 Å². The summed E-state index contributed by atoms with van der Waals surface area (Å²) in [5, 5.41) is 21.7. The van der Waals surface area contributed by atoms with Gasteiger partial charge in [-0.1, -0.05) is 90.4 Å². The van der Waals surface area contributed by atoms with Crippen LogP contribution in [0.2, 0.25) is 0 Å². The van der Waals surface area contributed by atoms with Gasteiger partial charge in [0.1, 0.15) is 60.4 Å². The standard InChI is InChI=1S/C68H103F3N12O13/c1-18-41(6)57-61(90)75-56(45(10)84)67(96)76(11)38-55(86)78(13)44(9)59(88)74-50(64(93)83-31-23-20-24-32-83)37-54(85)77(12)43(8)58(87)73-49(35-47-27-29-48(30-28-47)68(69,70)71)63(92)81(16)52(33-39(2)3)65(94)79(14)51(36-46-25-21-19-22-26-46)60(89)72-42(7)62(91)80(15)53(34-40(4)5)66(95)82(57)17/h19,21-22,25-30,39-45,49-53,56-57,84H,18,20,23-24,31-38H2,1-17H3,(H,72,89)(H,73,87)(H,74,88)(H,75,90)/t41-,42-,43-,44-,45+,49-,50-,51-,52-,53-,56-,57-/m0/s1. The van der Waals surface area contributed by atoms with E-state index in [9.17, 15) is 66.2 Å². The number of piperidine rings is 1. The van der Waals surface area contributed by atoms with Crippen LogP contribution in [-0.2, 0) is 76.6 Å². The maximum absolute atomic E-state index is 15.3. The SMILES string of the molecule is CC[C@H](C)[C@H]1C(=O)N[C@@H]([C@@H](C)O)C(=O)N(C)CC(=O)N(C)[C@@H](C)C(=O)N[C@H](C(=O)N2CCCCC2)CC(=O)N(C)[C@@H](C)C(=O)N[C@@H](Cc2ccc(C(F)(F)F)cc2)C(=O)N(C)[C@@H](CC(C)C)C(=O)N(C)[C@@H](Cc2ccccc2)C(=O)N[C@@H](C)C(=O)N(C)[C@@H](CC(C)C)C(=O)N1C. The van der Waals surface area contributed by atoms with E-state index >= 15 is 9.59 Å². The van der Waals surface area contributed by atoms with Crippen LogP contribution in [0, 0.1) is 17.8 Å². The first kappa shape index (κ1) is 80.3. The predicted octanol–water partition coefficient (Wildman–Crippen LogP) is 2.85. The molecule has 0 unspecified atom stereocenters. The number of amides is 12. The van der Waals surface area contributed by atoms with Gasteiger partial charge in [-0.2, -0.15) is 13.2 Å². The van der Waals surface area contributed by atoms with E-state index in [1.54, 1.807) is 58.0 Å². The third-order valence-corrected chi connectivity index (χ3v) is 18.4. The van der Waals surface area contributed by atoms with Gasteiger partial charge < -0.3 is 65.6 Å². The summed E-state index contributed by atoms with van der Waals surface area (Å²) in [4.78, 5) is 185. The fraction of sp³-hybridized carbons (Fsp3) is 0.647. The zero-order valence-corrected chi connectivity index (χ0v) is 58.8. The molecular formula is C68H103F3N12O13. The molecule has 0 aromatic heterocycles. The van der Waals surface area contributed by atoms with Crippen LogP contribution in [0.15, 0.2) is 54.6 Å². The molecule has 12 atom stereocenters. The second-order valence-corrected chi connectivity index (χ2v) is 26.7. The monoisotopic (exact) mass is 1350 g/mol. The Hall–Kier alpha value is -8.17. The van der Waals surface area contributed by atoms with E-state index in [1.807, 2.05) is 13.8 Å². The van der Waals surface area contributed by atoms with Crippen molar-refractivity contribution in [3.63, 3.8) is 0 Å². The van der Waals surface area contributed by atoms with E-state index < -0.39 is 174 Å². The number of nitrogens with one attached hydrogen (secondary N) is 4. The Balaban J connectivity index is 1.92. The van der Waals surface area contributed by atoms with Crippen molar-refractivity contribution in [3.8, 4) is 0 Å². The third-order valence-electron chi connectivity index (χ3n) is 18.4. The van der Waals surface area contributed by atoms with E-state index in [1.165, 1.54) is 91.7 Å². The number of aliphatic hydroxyl groups excluding tert-OH is 1. The number of likely N-dealkylation sites (N-methyl/N-ethyl adjacent to an activating group) is 7. The molecule has 2 aliphatic heterocycles. The van der Waals surface area contributed by atoms with Crippen molar-refractivity contribution in [3.05, 3.63) is 71.3 Å². The number of hydrogen-bond acceptors (Lipinski definition) is 13. The summed E-state index contributed by atoms with van der Waals surface area (Å²) < 4.78 is 41.5. The fourth-order valence-corrected chi connectivity index (χ4v) is 11.8. The summed E-state index contributed by atoms with van der Waals surface area (Å²) in [7, 11) is 9.17. The summed E-state index contributed by atoms with van der Waals surface area (Å²) in [5.74, 6) is -10.8. The normalized spacial score (nSPS) is 26.0. The van der Waals surface area contributed by atoms with Crippen LogP contribution in [0.25, 0.3) is 0 Å². The van der Waals surface area contributed by atoms with Crippen LogP contribution in [-0.4, -0.2) is 251 Å². The maximum atomic E-state index is 15.3. The van der Waals surface area contributed by atoms with Gasteiger partial charge in [-0.05, 0) is 101 Å². The number of likely N-dealkylation sites (tertiary alicyclic amines) is 1. The van der Waals surface area contributed by atoms with Gasteiger partial charge in [-0.25, -0.2) is 0 Å². The van der Waals surface area contributed by atoms with E-state index in [2.05, 4.69) is 21.3 Å². The maximum Gasteiger partial charge on any atom is 0.416 e. The van der Waals surface area contributed by atoms with Gasteiger partial charge in [-0.15, -0.1) is 0 Å². The van der Waals surface area contributed by atoms with Crippen molar-refractivity contribution in [1.82, 2.24) is 60.5 Å². The van der Waals surface area contributed by atoms with Crippen LogP contribution in [0.3, 0.4) is 0 Å². The molecule has 0 spiro atoms. The average Bonchev–Trinajstić information content (AvgIpc) is 0.895. The molecule has 5 N–H and O–H groups in total. The first-order chi connectivity index (χ1) is 44.7. The third kappa shape index (κ3) is 21.4. The first-order valence-corrected chi connectivity index (χ1v) is 33.0. The molecule has 96 heavy (non-hydrogen) atoms. The number of carbonyl (C=O) groups excluding carboxylic acids is 12. The van der Waals surface area contributed by atoms with E-state index in [4.69, 9.17) is 0 Å². The highest BCUT2D eigenvalue weighted by Gasteiger charge is 2.44. The Morgan fingerprint density at radius 2 is 1.03 bits per heavy atom. The van der Waals surface area contributed by atoms with E-state index in [0.29, 0.717) is 37.9 Å². The molecule has 2 saturated heterocycles. The molecule has 2 aromatic carbocycles. The van der Waals surface area contributed by atoms with Gasteiger partial charge in [0.15, 0.2) is 0 Å². The molecule has 25 nitrogen and oxygen atoms in total. The van der Waals surface area contributed by atoms with Crippen LogP contribution in [0.1, 0.15) is 131 Å². The number of hydrogen-bond donors (Lipinski definition) is 5. The molecule has 2 aromatic rings. The molecule has 2 fully saturated rings. The lowest BCUT2D eigenvalue weighted by Crippen LogP contribution is -2.62. The lowest BCUT2D eigenvalue weighted by molar-refractivity contribution is -0.152. The number of rotatable bonds is 12. The Morgan fingerprint density at radius 3 is 1.54 bits per heavy atom. The van der Waals surface area contributed by atoms with Crippen LogP contribution >= 0.6 is 0 Å². The Bertz CT molecular complexity index is 3060. The number of carbonyl (C=O) groups is 12. The molecule has 0 bridgehead atoms. The zero-order chi connectivity index (χ0) is 72.5. The molecule has 2 heterocycles. The fourth-order valence-electron chi connectivity index (χ4n) is 11.8. The summed E-state index contributed by atoms with van der Waals surface area (Å²) in [6.07, 6.45) is -5.07. The summed E-state index contributed by atoms with van der Waals surface area (Å²) in [5.41, 5.74) is -0.231. The summed E-state index contributed by atoms with van der Waals surface area (Å²) >= 11 is 0. The van der Waals surface area contributed by atoms with Crippen molar-refractivity contribution in [2.24, 2.45) is 17.8 Å². The van der Waals surface area contributed by atoms with E-state index in [-0.39, 0.29) is 36.7 Å². The number of nitrogens with zero attached hydrogens (tertiary/aromatic N) is 8. The van der Waals surface area contributed by atoms with Gasteiger partial charge >= 0.3 is 6.18 Å². The van der Waals surface area contributed by atoms with Crippen molar-refractivity contribution < 1.29 is 75.8 Å². The van der Waals surface area contributed by atoms with Gasteiger partial charge in [0.2, 0.25) is 70.9 Å². The topological polar surface area (TPSA) is 299 Å². The molecule has 12 amide bonds. The second-order valence-electron chi connectivity index (χ2n) is 26.7. The lowest BCUT2D eigenvalue weighted by atomic mass is 9.94. The highest BCUT2D eigenvalue weighted by Crippen LogP contribution is 2.30. The minimum absolute atomic E-state index is 0.0194. The number of halogens is 3. The molecule has 2 aliphatic rings. The van der Waals surface area contributed by atoms with Crippen LogP contribution in [0.5, 0.6) is 0 Å². The average molecular weight is 1350 g/mol. The molecule has 4 rings (SSSR count). The molecule has 0 saturated carbocycles. The minimum atomic E-state index is -4.72. The van der Waals surface area contributed by atoms with Crippen molar-refractivity contribution in [2.45, 2.75) is 200 Å². The van der Waals surface area contributed by atoms with Gasteiger partial charge in [0, 0.05) is 75.3 Å². The van der Waals surface area contributed by atoms with Crippen LogP contribution < -0.4 is 21.3 Å². The quantitative estimate of drug-likeness (QED) is 0.205. The van der Waals surface area contributed by atoms with Crippen LogP contribution in [0.4, 0.5) is 13.2 Å². The Labute approximate surface area is 562 Å². The lowest BCUT2D eigenvalue weighted by Gasteiger charge is -2.39. The highest BCUT2D eigenvalue weighted by molar-refractivity contribution is 6.00. The molecule has 0 radical (unpaired) electrons. The Morgan fingerprint density at radius 1 is 0.542 bits per heavy atom. The van der Waals surface area contributed by atoms with Gasteiger partial charge in [0.05, 0.1) is 24.6 Å². The Kier molecular flexibility index (Phi) is 29.9. The predicted molar refractivity (Wildman–Crippen MR) is 352 cm³/mol. The summed E-state index contributed by atoms with van der Waals surface area (Å²) in [6, 6.07) is -1.77. The molecular weight excluding hydrogens is 1250 g/mol.